The van der Waals surface area contributed by atoms with E-state index in [-0.39, 0.29) is 11.4 Å². The Morgan fingerprint density at radius 2 is 2.10 bits per heavy atom. The van der Waals surface area contributed by atoms with Gasteiger partial charge in [0.15, 0.2) is 0 Å². The smallest absolute Gasteiger partial charge is 0.254 e. The molecular formula is C16H20N2OS. The molecule has 0 unspecified atom stereocenters. The molecule has 0 bridgehead atoms. The average molecular weight is 288 g/mol. The van der Waals surface area contributed by atoms with Crippen molar-refractivity contribution in [3.05, 3.63) is 28.3 Å². The third kappa shape index (κ3) is 2.33. The van der Waals surface area contributed by atoms with Crippen molar-refractivity contribution in [2.45, 2.75) is 46.1 Å². The molecule has 2 aromatic rings. The lowest BCUT2D eigenvalue weighted by Gasteiger charge is -2.25. The number of nitrogens with one attached hydrogen (secondary N) is 1. The second kappa shape index (κ2) is 4.55. The molecular weight excluding hydrogens is 268 g/mol. The Labute approximate surface area is 123 Å². The third-order valence-electron chi connectivity index (χ3n) is 4.11. The Morgan fingerprint density at radius 3 is 2.75 bits per heavy atom. The van der Waals surface area contributed by atoms with Crippen LogP contribution in [0.4, 0.5) is 0 Å². The molecule has 2 heterocycles. The van der Waals surface area contributed by atoms with Crippen LogP contribution in [-0.4, -0.2) is 16.4 Å². The van der Waals surface area contributed by atoms with Crippen molar-refractivity contribution in [1.82, 2.24) is 10.3 Å². The third-order valence-corrected chi connectivity index (χ3v) is 5.22. The lowest BCUT2D eigenvalue weighted by Crippen LogP contribution is -2.45. The summed E-state index contributed by atoms with van der Waals surface area (Å²) < 4.78 is 1.12. The molecule has 1 amide bonds. The predicted molar refractivity (Wildman–Crippen MR) is 83.4 cm³/mol. The van der Waals surface area contributed by atoms with Gasteiger partial charge in [-0.2, -0.15) is 0 Å². The molecule has 3 nitrogen and oxygen atoms in total. The molecule has 1 aliphatic carbocycles. The second-order valence-corrected chi connectivity index (χ2v) is 7.24. The Balaban J connectivity index is 1.95. The number of carbonyl (C=O) groups is 1. The summed E-state index contributed by atoms with van der Waals surface area (Å²) in [6.45, 7) is 8.27. The summed E-state index contributed by atoms with van der Waals surface area (Å²) in [5, 5.41) is 5.11. The zero-order valence-electron chi connectivity index (χ0n) is 12.4. The standard InChI is InChI=1S/C16H20N2OS/c1-9-7-10(2)17-13-12(8-20-14(9)13)15(19)18-16(3,4)11-5-6-11/h7-8,11H,5-6H2,1-4H3,(H,18,19). The quantitative estimate of drug-likeness (QED) is 0.932. The summed E-state index contributed by atoms with van der Waals surface area (Å²) in [5.41, 5.74) is 3.59. The molecule has 106 valence electrons. The van der Waals surface area contributed by atoms with Gasteiger partial charge in [-0.15, -0.1) is 11.3 Å². The minimum atomic E-state index is -0.121. The van der Waals surface area contributed by atoms with Crippen molar-refractivity contribution in [3.8, 4) is 0 Å². The molecule has 20 heavy (non-hydrogen) atoms. The summed E-state index contributed by atoms with van der Waals surface area (Å²) in [6, 6.07) is 2.06. The van der Waals surface area contributed by atoms with Gasteiger partial charge in [0.1, 0.15) is 0 Å². The van der Waals surface area contributed by atoms with Crippen LogP contribution < -0.4 is 5.32 Å². The molecule has 1 fully saturated rings. The molecule has 0 aromatic carbocycles. The fraction of sp³-hybridized carbons (Fsp3) is 0.500. The monoisotopic (exact) mass is 288 g/mol. The molecule has 0 saturated heterocycles. The van der Waals surface area contributed by atoms with Crippen molar-refractivity contribution in [1.29, 1.82) is 0 Å². The number of aromatic nitrogens is 1. The maximum absolute atomic E-state index is 12.5. The minimum Gasteiger partial charge on any atom is -0.347 e. The van der Waals surface area contributed by atoms with E-state index in [0.717, 1.165) is 15.9 Å². The van der Waals surface area contributed by atoms with Crippen LogP contribution in [0.5, 0.6) is 0 Å². The van der Waals surface area contributed by atoms with E-state index in [4.69, 9.17) is 0 Å². The first kappa shape index (κ1) is 13.6. The lowest BCUT2D eigenvalue weighted by molar-refractivity contribution is 0.0905. The van der Waals surface area contributed by atoms with Crippen molar-refractivity contribution in [2.24, 2.45) is 5.92 Å². The maximum Gasteiger partial charge on any atom is 0.254 e. The van der Waals surface area contributed by atoms with E-state index in [1.807, 2.05) is 12.3 Å². The zero-order chi connectivity index (χ0) is 14.5. The first-order valence-corrected chi connectivity index (χ1v) is 7.94. The molecule has 0 spiro atoms. The fourth-order valence-electron chi connectivity index (χ4n) is 2.76. The van der Waals surface area contributed by atoms with E-state index in [0.29, 0.717) is 11.5 Å². The topological polar surface area (TPSA) is 42.0 Å². The Hall–Kier alpha value is -1.42. The molecule has 3 rings (SSSR count). The number of rotatable bonds is 3. The van der Waals surface area contributed by atoms with Crippen LogP contribution in [-0.2, 0) is 0 Å². The number of fused-ring (bicyclic) bond motifs is 1. The molecule has 0 aliphatic heterocycles. The highest BCUT2D eigenvalue weighted by molar-refractivity contribution is 7.17. The Bertz CT molecular complexity index is 683. The van der Waals surface area contributed by atoms with E-state index in [1.165, 1.54) is 18.4 Å². The van der Waals surface area contributed by atoms with Gasteiger partial charge in [-0.3, -0.25) is 9.78 Å². The number of carbonyl (C=O) groups excluding carboxylic acids is 1. The first-order valence-electron chi connectivity index (χ1n) is 7.06. The largest absolute Gasteiger partial charge is 0.347 e. The van der Waals surface area contributed by atoms with Gasteiger partial charge in [-0.05, 0) is 58.1 Å². The van der Waals surface area contributed by atoms with Crippen LogP contribution in [0.2, 0.25) is 0 Å². The zero-order valence-corrected chi connectivity index (χ0v) is 13.2. The van der Waals surface area contributed by atoms with Gasteiger partial charge >= 0.3 is 0 Å². The number of amides is 1. The number of nitrogens with zero attached hydrogens (tertiary/aromatic N) is 1. The second-order valence-electron chi connectivity index (χ2n) is 6.36. The highest BCUT2D eigenvalue weighted by atomic mass is 32.1. The summed E-state index contributed by atoms with van der Waals surface area (Å²) in [5.74, 6) is 0.624. The minimum absolute atomic E-state index is 0.00523. The van der Waals surface area contributed by atoms with Crippen LogP contribution in [0.3, 0.4) is 0 Å². The van der Waals surface area contributed by atoms with Crippen molar-refractivity contribution >= 4 is 27.5 Å². The molecule has 1 saturated carbocycles. The van der Waals surface area contributed by atoms with Gasteiger partial charge in [0.25, 0.3) is 5.91 Å². The number of hydrogen-bond donors (Lipinski definition) is 1. The molecule has 2 aromatic heterocycles. The van der Waals surface area contributed by atoms with Crippen molar-refractivity contribution in [2.75, 3.05) is 0 Å². The predicted octanol–water partition coefficient (Wildman–Crippen LogP) is 3.83. The molecule has 1 aliphatic rings. The van der Waals surface area contributed by atoms with Crippen LogP contribution in [0.15, 0.2) is 11.4 Å². The summed E-state index contributed by atoms with van der Waals surface area (Å²) in [7, 11) is 0. The van der Waals surface area contributed by atoms with Crippen LogP contribution in [0.1, 0.15) is 48.3 Å². The lowest BCUT2D eigenvalue weighted by atomic mass is 9.98. The van der Waals surface area contributed by atoms with Crippen molar-refractivity contribution < 1.29 is 4.79 Å². The van der Waals surface area contributed by atoms with Crippen molar-refractivity contribution in [3.63, 3.8) is 0 Å². The summed E-state index contributed by atoms with van der Waals surface area (Å²) >= 11 is 1.60. The van der Waals surface area contributed by atoms with E-state index < -0.39 is 0 Å². The van der Waals surface area contributed by atoms with Gasteiger partial charge in [-0.25, -0.2) is 0 Å². The SMILES string of the molecule is Cc1cc(C)c2scc(C(=O)NC(C)(C)C3CC3)c2n1. The number of thiophene rings is 1. The maximum atomic E-state index is 12.5. The van der Waals surface area contributed by atoms with Crippen LogP contribution in [0.25, 0.3) is 10.2 Å². The van der Waals surface area contributed by atoms with E-state index in [9.17, 15) is 4.79 Å². The number of aryl methyl sites for hydroxylation is 2. The Kier molecular flexibility index (Phi) is 3.09. The van der Waals surface area contributed by atoms with Crippen LogP contribution >= 0.6 is 11.3 Å². The van der Waals surface area contributed by atoms with Gasteiger partial charge < -0.3 is 5.32 Å². The molecule has 4 heteroatoms. The van der Waals surface area contributed by atoms with Gasteiger partial charge in [0, 0.05) is 16.6 Å². The normalized spacial score (nSPS) is 15.6. The highest BCUT2D eigenvalue weighted by Crippen LogP contribution is 2.39. The molecule has 0 radical (unpaired) electrons. The fourth-order valence-corrected chi connectivity index (χ4v) is 3.72. The number of pyridine rings is 1. The van der Waals surface area contributed by atoms with E-state index in [2.05, 4.69) is 37.1 Å². The first-order chi connectivity index (χ1) is 9.38. The van der Waals surface area contributed by atoms with Crippen LogP contribution in [0, 0.1) is 19.8 Å². The van der Waals surface area contributed by atoms with E-state index >= 15 is 0 Å². The molecule has 1 N–H and O–H groups in total. The van der Waals surface area contributed by atoms with E-state index in [1.54, 1.807) is 11.3 Å². The summed E-state index contributed by atoms with van der Waals surface area (Å²) in [4.78, 5) is 17.1. The average Bonchev–Trinajstić information content (AvgIpc) is 3.10. The van der Waals surface area contributed by atoms with Gasteiger partial charge in [-0.1, -0.05) is 0 Å². The van der Waals surface area contributed by atoms with Gasteiger partial charge in [0.2, 0.25) is 0 Å². The highest BCUT2D eigenvalue weighted by Gasteiger charge is 2.39. The molecule has 0 atom stereocenters. The Morgan fingerprint density at radius 1 is 1.40 bits per heavy atom. The van der Waals surface area contributed by atoms with Gasteiger partial charge in [0.05, 0.1) is 15.8 Å². The summed E-state index contributed by atoms with van der Waals surface area (Å²) in [6.07, 6.45) is 2.43. The number of hydrogen-bond acceptors (Lipinski definition) is 3.